The van der Waals surface area contributed by atoms with Gasteiger partial charge in [0, 0.05) is 30.8 Å². The third kappa shape index (κ3) is 4.26. The molecular weight excluding hydrogens is 399 g/mol. The number of aliphatic hydroxyl groups is 1. The number of nitro groups is 1. The maximum atomic E-state index is 14.0. The Labute approximate surface area is 168 Å². The number of likely N-dealkylation sites (N-methyl/N-ethyl adjacent to an activating group) is 1. The van der Waals surface area contributed by atoms with Crippen LogP contribution in [0.4, 0.5) is 10.1 Å². The largest absolute Gasteiger partial charge is 0.506 e. The highest BCUT2D eigenvalue weighted by Crippen LogP contribution is 2.38. The third-order valence-corrected chi connectivity index (χ3v) is 4.04. The molecular formula is C19H13FN4O6. The fourth-order valence-electron chi connectivity index (χ4n) is 2.49. The number of hydrogen-bond acceptors (Lipinski definition) is 8. The van der Waals surface area contributed by atoms with Crippen molar-refractivity contribution in [3.63, 3.8) is 0 Å². The van der Waals surface area contributed by atoms with Crippen molar-refractivity contribution in [1.29, 1.82) is 10.5 Å². The van der Waals surface area contributed by atoms with Gasteiger partial charge in [-0.1, -0.05) is 6.07 Å². The third-order valence-electron chi connectivity index (χ3n) is 4.04. The lowest BCUT2D eigenvalue weighted by atomic mass is 10.1. The van der Waals surface area contributed by atoms with Crippen LogP contribution in [-0.2, 0) is 11.3 Å². The van der Waals surface area contributed by atoms with E-state index >= 15 is 0 Å². The molecule has 10 nitrogen and oxygen atoms in total. The molecule has 2 aromatic rings. The van der Waals surface area contributed by atoms with Crippen LogP contribution in [0.1, 0.15) is 16.7 Å². The number of carbonyl (C=O) groups is 1. The highest BCUT2D eigenvalue weighted by Gasteiger charge is 2.25. The molecule has 0 atom stereocenters. The van der Waals surface area contributed by atoms with E-state index in [-0.39, 0.29) is 17.7 Å². The van der Waals surface area contributed by atoms with E-state index in [2.05, 4.69) is 0 Å². The number of nitrogens with zero attached hydrogens (tertiary/aromatic N) is 4. The summed E-state index contributed by atoms with van der Waals surface area (Å²) in [6, 6.07) is 8.25. The second-order valence-corrected chi connectivity index (χ2v) is 6.03. The van der Waals surface area contributed by atoms with Gasteiger partial charge in [-0.15, -0.1) is 0 Å². The Morgan fingerprint density at radius 2 is 1.93 bits per heavy atom. The molecule has 2 rings (SSSR count). The van der Waals surface area contributed by atoms with Gasteiger partial charge in [-0.3, -0.25) is 14.9 Å². The molecule has 0 aliphatic heterocycles. The number of rotatable bonds is 5. The van der Waals surface area contributed by atoms with Gasteiger partial charge in [-0.2, -0.15) is 10.5 Å². The Kier molecular flexibility index (Phi) is 6.19. The van der Waals surface area contributed by atoms with Crippen molar-refractivity contribution in [1.82, 2.24) is 4.90 Å². The maximum absolute atomic E-state index is 14.0. The smallest absolute Gasteiger partial charge is 0.315 e. The summed E-state index contributed by atoms with van der Waals surface area (Å²) in [4.78, 5) is 23.4. The van der Waals surface area contributed by atoms with Crippen molar-refractivity contribution < 1.29 is 29.4 Å². The summed E-state index contributed by atoms with van der Waals surface area (Å²) >= 11 is 0. The van der Waals surface area contributed by atoms with E-state index in [0.29, 0.717) is 6.07 Å². The van der Waals surface area contributed by atoms with Crippen LogP contribution in [0, 0.1) is 38.6 Å². The van der Waals surface area contributed by atoms with E-state index in [1.54, 1.807) is 6.07 Å². The molecule has 152 valence electrons. The van der Waals surface area contributed by atoms with E-state index < -0.39 is 50.7 Å². The number of phenolic OH excluding ortho intramolecular Hbond substituents is 2. The number of halogens is 1. The molecule has 0 aliphatic rings. The Morgan fingerprint density at radius 3 is 2.47 bits per heavy atom. The highest BCUT2D eigenvalue weighted by atomic mass is 19.1. The first kappa shape index (κ1) is 21.7. The molecule has 0 bridgehead atoms. The SMILES string of the molecule is CN(Cc1ccc(C#N)cc1F)C(=O)/C(C#N)=C(\O)c1cc(O)c(O)c([N+](=O)[O-])c1. The van der Waals surface area contributed by atoms with Crippen LogP contribution in [0.5, 0.6) is 11.5 Å². The standard InChI is InChI=1S/C19H13FN4O6/c1-23(9-11-3-2-10(7-21)4-14(11)20)19(28)13(8-22)17(26)12-5-15(24(29)30)18(27)16(25)6-12/h2-6,25-27H,9H2,1H3/b17-13-. The van der Waals surface area contributed by atoms with Gasteiger partial charge in [0.15, 0.2) is 11.3 Å². The summed E-state index contributed by atoms with van der Waals surface area (Å²) in [6.45, 7) is -0.310. The molecule has 0 saturated heterocycles. The molecule has 0 fully saturated rings. The van der Waals surface area contributed by atoms with Gasteiger partial charge >= 0.3 is 5.69 Å². The van der Waals surface area contributed by atoms with Crippen LogP contribution in [0.2, 0.25) is 0 Å². The Hall–Kier alpha value is -4.64. The van der Waals surface area contributed by atoms with Crippen molar-refractivity contribution in [3.8, 4) is 23.6 Å². The molecule has 0 aliphatic carbocycles. The van der Waals surface area contributed by atoms with Gasteiger partial charge in [0.05, 0.1) is 16.6 Å². The van der Waals surface area contributed by atoms with Crippen LogP contribution in [-0.4, -0.2) is 38.1 Å². The van der Waals surface area contributed by atoms with Gasteiger partial charge in [-0.05, 0) is 18.2 Å². The average Bonchev–Trinajstić information content (AvgIpc) is 2.71. The predicted octanol–water partition coefficient (Wildman–Crippen LogP) is 2.47. The fourth-order valence-corrected chi connectivity index (χ4v) is 2.49. The summed E-state index contributed by atoms with van der Waals surface area (Å²) < 4.78 is 14.0. The molecule has 0 aromatic heterocycles. The molecule has 0 radical (unpaired) electrons. The van der Waals surface area contributed by atoms with E-state index in [0.717, 1.165) is 17.0 Å². The first-order valence-electron chi connectivity index (χ1n) is 8.08. The molecule has 30 heavy (non-hydrogen) atoms. The van der Waals surface area contributed by atoms with Gasteiger partial charge in [0.1, 0.15) is 17.6 Å². The zero-order valence-electron chi connectivity index (χ0n) is 15.3. The lowest BCUT2D eigenvalue weighted by Crippen LogP contribution is -2.28. The number of amides is 1. The van der Waals surface area contributed by atoms with Crippen molar-refractivity contribution >= 4 is 17.4 Å². The number of aliphatic hydroxyl groups excluding tert-OH is 1. The van der Waals surface area contributed by atoms with Gasteiger partial charge in [0.25, 0.3) is 5.91 Å². The normalized spacial score (nSPS) is 11.1. The van der Waals surface area contributed by atoms with Crippen molar-refractivity contribution in [3.05, 3.63) is 68.5 Å². The van der Waals surface area contributed by atoms with Crippen LogP contribution in [0.15, 0.2) is 35.9 Å². The lowest BCUT2D eigenvalue weighted by molar-refractivity contribution is -0.386. The Morgan fingerprint density at radius 1 is 1.27 bits per heavy atom. The van der Waals surface area contributed by atoms with Crippen molar-refractivity contribution in [2.75, 3.05) is 7.05 Å². The minimum atomic E-state index is -1.05. The average molecular weight is 412 g/mol. The molecule has 0 unspecified atom stereocenters. The van der Waals surface area contributed by atoms with Crippen LogP contribution in [0.25, 0.3) is 5.76 Å². The zero-order valence-corrected chi connectivity index (χ0v) is 15.3. The second-order valence-electron chi connectivity index (χ2n) is 6.03. The molecule has 2 aromatic carbocycles. The number of phenols is 2. The zero-order chi connectivity index (χ0) is 22.6. The molecule has 3 N–H and O–H groups in total. The molecule has 11 heteroatoms. The van der Waals surface area contributed by atoms with Gasteiger partial charge in [0.2, 0.25) is 5.75 Å². The summed E-state index contributed by atoms with van der Waals surface area (Å²) in [6.07, 6.45) is 0. The number of benzene rings is 2. The van der Waals surface area contributed by atoms with Gasteiger partial charge in [-0.25, -0.2) is 4.39 Å². The van der Waals surface area contributed by atoms with E-state index in [1.165, 1.54) is 25.2 Å². The number of nitriles is 2. The van der Waals surface area contributed by atoms with E-state index in [1.807, 2.05) is 0 Å². The number of carbonyl (C=O) groups excluding carboxylic acids is 1. The first-order valence-corrected chi connectivity index (χ1v) is 8.08. The minimum absolute atomic E-state index is 0.0412. The highest BCUT2D eigenvalue weighted by molar-refractivity contribution is 6.03. The lowest BCUT2D eigenvalue weighted by Gasteiger charge is -2.18. The molecule has 0 heterocycles. The van der Waals surface area contributed by atoms with Crippen LogP contribution in [0.3, 0.4) is 0 Å². The minimum Gasteiger partial charge on any atom is -0.506 e. The summed E-state index contributed by atoms with van der Waals surface area (Å²) in [5.74, 6) is -4.75. The number of aromatic hydroxyl groups is 2. The van der Waals surface area contributed by atoms with Crippen molar-refractivity contribution in [2.45, 2.75) is 6.54 Å². The van der Waals surface area contributed by atoms with E-state index in [9.17, 15) is 39.9 Å². The van der Waals surface area contributed by atoms with Crippen LogP contribution >= 0.6 is 0 Å². The van der Waals surface area contributed by atoms with Crippen LogP contribution < -0.4 is 0 Å². The quantitative estimate of drug-likeness (QED) is 0.168. The van der Waals surface area contributed by atoms with Crippen molar-refractivity contribution in [2.24, 2.45) is 0 Å². The maximum Gasteiger partial charge on any atom is 0.315 e. The molecule has 1 amide bonds. The fraction of sp³-hybridized carbons (Fsp3) is 0.105. The second kappa shape index (κ2) is 8.58. The first-order chi connectivity index (χ1) is 14.1. The van der Waals surface area contributed by atoms with E-state index in [4.69, 9.17) is 5.26 Å². The summed E-state index contributed by atoms with van der Waals surface area (Å²) in [5.41, 5.74) is -2.12. The molecule has 0 spiro atoms. The Bertz CT molecular complexity index is 1160. The summed E-state index contributed by atoms with van der Waals surface area (Å²) in [5, 5.41) is 58.4. The monoisotopic (exact) mass is 412 g/mol. The number of nitro benzene ring substituents is 1. The number of hydrogen-bond donors (Lipinski definition) is 3. The molecule has 0 saturated carbocycles. The Balaban J connectivity index is 2.42. The summed E-state index contributed by atoms with van der Waals surface area (Å²) in [7, 11) is 1.22. The van der Waals surface area contributed by atoms with Gasteiger partial charge < -0.3 is 20.2 Å². The predicted molar refractivity (Wildman–Crippen MR) is 99.2 cm³/mol. The topological polar surface area (TPSA) is 172 Å².